The highest BCUT2D eigenvalue weighted by atomic mass is 14.0. The Bertz CT molecular complexity index is 198. The minimum Gasteiger partial charge on any atom is -0.0982 e. The summed E-state index contributed by atoms with van der Waals surface area (Å²) in [6.45, 7) is 8.74. The van der Waals surface area contributed by atoms with Gasteiger partial charge in [-0.2, -0.15) is 0 Å². The first-order valence-electron chi connectivity index (χ1n) is 5.34. The van der Waals surface area contributed by atoms with Gasteiger partial charge in [0.15, 0.2) is 0 Å². The molecule has 0 bridgehead atoms. The Morgan fingerprint density at radius 2 is 2.08 bits per heavy atom. The van der Waals surface area contributed by atoms with E-state index >= 15 is 0 Å². The highest BCUT2D eigenvalue weighted by Crippen LogP contribution is 2.09. The molecule has 0 rings (SSSR count). The summed E-state index contributed by atoms with van der Waals surface area (Å²) in [6.07, 6.45) is 6.77. The Morgan fingerprint density at radius 3 is 2.54 bits per heavy atom. The summed E-state index contributed by atoms with van der Waals surface area (Å²) in [5, 5.41) is 0. The van der Waals surface area contributed by atoms with Crippen molar-refractivity contribution in [3.8, 4) is 11.8 Å². The molecule has 0 fully saturated rings. The number of unbranched alkanes of at least 4 members (excludes halogenated alkanes) is 2. The van der Waals surface area contributed by atoms with Crippen LogP contribution >= 0.6 is 0 Å². The van der Waals surface area contributed by atoms with Crippen LogP contribution < -0.4 is 0 Å². The average molecular weight is 178 g/mol. The Morgan fingerprint density at radius 1 is 1.38 bits per heavy atom. The Balaban J connectivity index is 3.88. The summed E-state index contributed by atoms with van der Waals surface area (Å²) in [6, 6.07) is 0. The van der Waals surface area contributed by atoms with Gasteiger partial charge in [0.25, 0.3) is 0 Å². The van der Waals surface area contributed by atoms with Gasteiger partial charge in [-0.3, -0.25) is 0 Å². The Labute approximate surface area is 83.4 Å². The van der Waals surface area contributed by atoms with Crippen molar-refractivity contribution in [1.29, 1.82) is 0 Å². The van der Waals surface area contributed by atoms with Gasteiger partial charge < -0.3 is 0 Å². The van der Waals surface area contributed by atoms with Crippen LogP contribution in [-0.4, -0.2) is 0 Å². The maximum absolute atomic E-state index is 3.25. The summed E-state index contributed by atoms with van der Waals surface area (Å²) < 4.78 is 0. The summed E-state index contributed by atoms with van der Waals surface area (Å²) in [7, 11) is 0. The molecule has 0 aliphatic heterocycles. The molecule has 0 heteroatoms. The third-order valence-electron chi connectivity index (χ3n) is 1.88. The molecule has 0 aliphatic carbocycles. The van der Waals surface area contributed by atoms with E-state index in [0.29, 0.717) is 5.92 Å². The lowest BCUT2D eigenvalue weighted by atomic mass is 10.0. The molecular formula is C13H22. The fourth-order valence-corrected chi connectivity index (χ4v) is 1.12. The van der Waals surface area contributed by atoms with Crippen molar-refractivity contribution in [3.63, 3.8) is 0 Å². The van der Waals surface area contributed by atoms with E-state index in [1.807, 2.05) is 0 Å². The van der Waals surface area contributed by atoms with Crippen molar-refractivity contribution in [2.75, 3.05) is 0 Å². The molecule has 0 aromatic carbocycles. The fourth-order valence-electron chi connectivity index (χ4n) is 1.12. The van der Waals surface area contributed by atoms with Crippen LogP contribution in [0.5, 0.6) is 0 Å². The molecule has 74 valence electrons. The standard InChI is InChI=1S/C13H22/c1-5-7-8-9-10-13(6-2)11-12(3)4/h6,12H,5,7-8,11H2,1-4H3. The van der Waals surface area contributed by atoms with Gasteiger partial charge in [0.1, 0.15) is 0 Å². The molecule has 0 aromatic rings. The van der Waals surface area contributed by atoms with E-state index in [2.05, 4.69) is 45.6 Å². The third-order valence-corrected chi connectivity index (χ3v) is 1.88. The highest BCUT2D eigenvalue weighted by Gasteiger charge is 1.95. The Hall–Kier alpha value is -0.700. The van der Waals surface area contributed by atoms with Crippen LogP contribution in [0.15, 0.2) is 11.6 Å². The smallest absolute Gasteiger partial charge is 0.00922 e. The molecular weight excluding hydrogens is 156 g/mol. The summed E-state index contributed by atoms with van der Waals surface area (Å²) in [4.78, 5) is 0. The predicted molar refractivity (Wildman–Crippen MR) is 60.5 cm³/mol. The van der Waals surface area contributed by atoms with Crippen LogP contribution in [0.3, 0.4) is 0 Å². The normalized spacial score (nSPS) is 11.3. The van der Waals surface area contributed by atoms with Gasteiger partial charge in [0.05, 0.1) is 0 Å². The molecule has 0 nitrogen and oxygen atoms in total. The number of hydrogen-bond donors (Lipinski definition) is 0. The molecule has 0 saturated carbocycles. The van der Waals surface area contributed by atoms with Crippen molar-refractivity contribution >= 4 is 0 Å². The number of allylic oxidation sites excluding steroid dienone is 2. The van der Waals surface area contributed by atoms with E-state index in [-0.39, 0.29) is 0 Å². The lowest BCUT2D eigenvalue weighted by Crippen LogP contribution is -1.88. The van der Waals surface area contributed by atoms with Crippen LogP contribution in [0.25, 0.3) is 0 Å². The minimum absolute atomic E-state index is 0.715. The second-order valence-electron chi connectivity index (χ2n) is 3.82. The van der Waals surface area contributed by atoms with Gasteiger partial charge in [-0.05, 0) is 31.3 Å². The van der Waals surface area contributed by atoms with Crippen molar-refractivity contribution < 1.29 is 0 Å². The van der Waals surface area contributed by atoms with E-state index in [4.69, 9.17) is 0 Å². The van der Waals surface area contributed by atoms with Gasteiger partial charge in [-0.1, -0.05) is 45.1 Å². The van der Waals surface area contributed by atoms with Gasteiger partial charge >= 0.3 is 0 Å². The molecule has 0 saturated heterocycles. The predicted octanol–water partition coefficient (Wildman–Crippen LogP) is 4.17. The van der Waals surface area contributed by atoms with Gasteiger partial charge in [-0.25, -0.2) is 0 Å². The van der Waals surface area contributed by atoms with Crippen molar-refractivity contribution in [2.45, 2.75) is 53.4 Å². The molecule has 0 radical (unpaired) electrons. The summed E-state index contributed by atoms with van der Waals surface area (Å²) >= 11 is 0. The number of hydrogen-bond acceptors (Lipinski definition) is 0. The van der Waals surface area contributed by atoms with Crippen LogP contribution in [0.1, 0.15) is 53.4 Å². The molecule has 0 aromatic heterocycles. The molecule has 0 amide bonds. The average Bonchev–Trinajstić information content (AvgIpc) is 2.09. The van der Waals surface area contributed by atoms with Crippen molar-refractivity contribution in [1.82, 2.24) is 0 Å². The van der Waals surface area contributed by atoms with Crippen LogP contribution in [0, 0.1) is 17.8 Å². The van der Waals surface area contributed by atoms with E-state index in [1.54, 1.807) is 0 Å². The summed E-state index contributed by atoms with van der Waals surface area (Å²) in [5.41, 5.74) is 1.30. The molecule has 0 spiro atoms. The van der Waals surface area contributed by atoms with E-state index in [1.165, 1.54) is 18.4 Å². The second-order valence-corrected chi connectivity index (χ2v) is 3.82. The molecule has 0 aliphatic rings. The summed E-state index contributed by atoms with van der Waals surface area (Å²) in [5.74, 6) is 7.19. The van der Waals surface area contributed by atoms with E-state index in [0.717, 1.165) is 12.8 Å². The zero-order valence-electron chi connectivity index (χ0n) is 9.48. The first-order chi connectivity index (χ1) is 6.20. The minimum atomic E-state index is 0.715. The van der Waals surface area contributed by atoms with Crippen LogP contribution in [0.2, 0.25) is 0 Å². The lowest BCUT2D eigenvalue weighted by molar-refractivity contribution is 0.651. The second kappa shape index (κ2) is 7.92. The monoisotopic (exact) mass is 178 g/mol. The molecule has 0 N–H and O–H groups in total. The number of rotatable bonds is 4. The molecule has 0 atom stereocenters. The largest absolute Gasteiger partial charge is 0.0982 e. The lowest BCUT2D eigenvalue weighted by Gasteiger charge is -2.01. The first-order valence-corrected chi connectivity index (χ1v) is 5.34. The quantitative estimate of drug-likeness (QED) is 0.447. The van der Waals surface area contributed by atoms with Crippen molar-refractivity contribution in [3.05, 3.63) is 11.6 Å². The SMILES string of the molecule is CC=C(C#CCCCC)CC(C)C. The van der Waals surface area contributed by atoms with E-state index < -0.39 is 0 Å². The maximum atomic E-state index is 3.25. The highest BCUT2D eigenvalue weighted by molar-refractivity contribution is 5.28. The van der Waals surface area contributed by atoms with Gasteiger partial charge in [-0.15, -0.1) is 0 Å². The zero-order valence-corrected chi connectivity index (χ0v) is 9.48. The fraction of sp³-hybridized carbons (Fsp3) is 0.692. The van der Waals surface area contributed by atoms with Gasteiger partial charge in [0, 0.05) is 6.42 Å². The zero-order chi connectivity index (χ0) is 10.1. The third kappa shape index (κ3) is 7.65. The van der Waals surface area contributed by atoms with E-state index in [9.17, 15) is 0 Å². The van der Waals surface area contributed by atoms with Crippen molar-refractivity contribution in [2.24, 2.45) is 5.92 Å². The maximum Gasteiger partial charge on any atom is 0.00922 e. The topological polar surface area (TPSA) is 0 Å². The molecule has 13 heavy (non-hydrogen) atoms. The van der Waals surface area contributed by atoms with Gasteiger partial charge in [0.2, 0.25) is 0 Å². The van der Waals surface area contributed by atoms with Crippen LogP contribution in [0.4, 0.5) is 0 Å². The molecule has 0 heterocycles. The Kier molecular flexibility index (Phi) is 7.50. The van der Waals surface area contributed by atoms with Crippen LogP contribution in [-0.2, 0) is 0 Å². The molecule has 0 unspecified atom stereocenters. The first kappa shape index (κ1) is 12.3.